The van der Waals surface area contributed by atoms with Crippen LogP contribution in [0.3, 0.4) is 0 Å². The van der Waals surface area contributed by atoms with Gasteiger partial charge in [0.25, 0.3) is 5.91 Å². The molecule has 2 aromatic carbocycles. The lowest BCUT2D eigenvalue weighted by molar-refractivity contribution is -0.118. The molecule has 0 radical (unpaired) electrons. The Labute approximate surface area is 176 Å². The van der Waals surface area contributed by atoms with Gasteiger partial charge in [-0.15, -0.1) is 5.10 Å². The predicted molar refractivity (Wildman–Crippen MR) is 110 cm³/mol. The number of amides is 1. The normalized spacial score (nSPS) is 10.8. The van der Waals surface area contributed by atoms with Crippen molar-refractivity contribution in [1.82, 2.24) is 14.6 Å². The minimum absolute atomic E-state index is 0.0205. The number of nitrogens with one attached hydrogen (secondary N) is 1. The SMILES string of the molecule is CCOc1ccc(-c2ccc3nc(NC(=O)COc4ccccc4F)nn3c2)cc1F. The molecular weight excluding hydrogens is 406 g/mol. The zero-order chi connectivity index (χ0) is 21.8. The number of rotatable bonds is 7. The van der Waals surface area contributed by atoms with E-state index in [9.17, 15) is 13.6 Å². The fourth-order valence-electron chi connectivity index (χ4n) is 2.93. The van der Waals surface area contributed by atoms with E-state index in [4.69, 9.17) is 9.47 Å². The molecule has 2 aromatic heterocycles. The molecule has 0 saturated carbocycles. The Hall–Kier alpha value is -4.01. The highest BCUT2D eigenvalue weighted by molar-refractivity contribution is 5.90. The van der Waals surface area contributed by atoms with Crippen LogP contribution in [-0.4, -0.2) is 33.7 Å². The minimum Gasteiger partial charge on any atom is -0.491 e. The van der Waals surface area contributed by atoms with E-state index >= 15 is 0 Å². The molecule has 0 spiro atoms. The van der Waals surface area contributed by atoms with Crippen LogP contribution in [0.4, 0.5) is 14.7 Å². The first-order valence-corrected chi connectivity index (χ1v) is 9.50. The Morgan fingerprint density at radius 1 is 1.00 bits per heavy atom. The van der Waals surface area contributed by atoms with Gasteiger partial charge in [-0.05, 0) is 48.9 Å². The van der Waals surface area contributed by atoms with Crippen molar-refractivity contribution in [1.29, 1.82) is 0 Å². The van der Waals surface area contributed by atoms with Crippen molar-refractivity contribution >= 4 is 17.5 Å². The number of hydrogen-bond donors (Lipinski definition) is 1. The molecular formula is C22H18F2N4O3. The molecule has 0 unspecified atom stereocenters. The van der Waals surface area contributed by atoms with Gasteiger partial charge in [-0.1, -0.05) is 18.2 Å². The van der Waals surface area contributed by atoms with E-state index in [1.165, 1.54) is 28.8 Å². The standard InChI is InChI=1S/C22H18F2N4O3/c1-2-30-19-9-7-14(11-17(19)24)15-8-10-20-25-22(27-28(20)12-15)26-21(29)13-31-18-6-4-3-5-16(18)23/h3-12H,2,13H2,1H3,(H,26,27,29). The highest BCUT2D eigenvalue weighted by Crippen LogP contribution is 2.26. The van der Waals surface area contributed by atoms with E-state index in [0.717, 1.165) is 0 Å². The van der Waals surface area contributed by atoms with Gasteiger partial charge in [0.15, 0.2) is 35.4 Å². The zero-order valence-corrected chi connectivity index (χ0v) is 16.5. The molecule has 4 aromatic rings. The van der Waals surface area contributed by atoms with Crippen LogP contribution in [0.2, 0.25) is 0 Å². The van der Waals surface area contributed by atoms with Crippen LogP contribution in [0.15, 0.2) is 60.8 Å². The van der Waals surface area contributed by atoms with Crippen LogP contribution in [-0.2, 0) is 4.79 Å². The van der Waals surface area contributed by atoms with E-state index in [0.29, 0.717) is 23.4 Å². The molecule has 4 rings (SSSR count). The first-order chi connectivity index (χ1) is 15.0. The maximum Gasteiger partial charge on any atom is 0.264 e. The van der Waals surface area contributed by atoms with Crippen LogP contribution >= 0.6 is 0 Å². The van der Waals surface area contributed by atoms with E-state index in [-0.39, 0.29) is 17.4 Å². The van der Waals surface area contributed by atoms with Gasteiger partial charge >= 0.3 is 0 Å². The van der Waals surface area contributed by atoms with Crippen molar-refractivity contribution in [3.8, 4) is 22.6 Å². The van der Waals surface area contributed by atoms with Crippen molar-refractivity contribution in [3.63, 3.8) is 0 Å². The number of carbonyl (C=O) groups is 1. The fraction of sp³-hybridized carbons (Fsp3) is 0.136. The number of anilines is 1. The summed E-state index contributed by atoms with van der Waals surface area (Å²) in [6.45, 7) is 1.77. The number of aromatic nitrogens is 3. The van der Waals surface area contributed by atoms with Crippen LogP contribution in [0.25, 0.3) is 16.8 Å². The third-order valence-corrected chi connectivity index (χ3v) is 4.34. The van der Waals surface area contributed by atoms with Gasteiger partial charge in [0.1, 0.15) is 0 Å². The van der Waals surface area contributed by atoms with E-state index < -0.39 is 24.1 Å². The summed E-state index contributed by atoms with van der Waals surface area (Å²) in [6.07, 6.45) is 1.67. The molecule has 0 saturated heterocycles. The van der Waals surface area contributed by atoms with Crippen molar-refractivity contribution in [2.75, 3.05) is 18.5 Å². The highest BCUT2D eigenvalue weighted by atomic mass is 19.1. The first-order valence-electron chi connectivity index (χ1n) is 9.50. The average molecular weight is 424 g/mol. The molecule has 158 valence electrons. The summed E-state index contributed by atoms with van der Waals surface area (Å²) in [5.41, 5.74) is 1.84. The summed E-state index contributed by atoms with van der Waals surface area (Å²) in [6, 6.07) is 14.0. The fourth-order valence-corrected chi connectivity index (χ4v) is 2.93. The molecule has 0 fully saturated rings. The molecule has 7 nitrogen and oxygen atoms in total. The van der Waals surface area contributed by atoms with Gasteiger partial charge in [-0.25, -0.2) is 13.3 Å². The quantitative estimate of drug-likeness (QED) is 0.484. The molecule has 9 heteroatoms. The van der Waals surface area contributed by atoms with Gasteiger partial charge in [-0.3, -0.25) is 10.1 Å². The second-order valence-corrected chi connectivity index (χ2v) is 6.50. The second-order valence-electron chi connectivity index (χ2n) is 6.50. The van der Waals surface area contributed by atoms with Crippen molar-refractivity contribution in [2.45, 2.75) is 6.92 Å². The summed E-state index contributed by atoms with van der Waals surface area (Å²) in [5.74, 6) is -1.31. The third-order valence-electron chi connectivity index (χ3n) is 4.34. The molecule has 31 heavy (non-hydrogen) atoms. The number of nitrogens with zero attached hydrogens (tertiary/aromatic N) is 3. The van der Waals surface area contributed by atoms with Crippen LogP contribution in [0, 0.1) is 11.6 Å². The summed E-state index contributed by atoms with van der Waals surface area (Å²) in [4.78, 5) is 16.3. The summed E-state index contributed by atoms with van der Waals surface area (Å²) >= 11 is 0. The topological polar surface area (TPSA) is 77.8 Å². The molecule has 0 atom stereocenters. The summed E-state index contributed by atoms with van der Waals surface area (Å²) in [7, 11) is 0. The number of hydrogen-bond acceptors (Lipinski definition) is 5. The molecule has 1 N–H and O–H groups in total. The Balaban J connectivity index is 1.47. The molecule has 2 heterocycles. The number of ether oxygens (including phenoxy) is 2. The van der Waals surface area contributed by atoms with Gasteiger partial charge in [0, 0.05) is 11.8 Å². The Morgan fingerprint density at radius 2 is 1.77 bits per heavy atom. The maximum atomic E-state index is 14.2. The van der Waals surface area contributed by atoms with E-state index in [1.807, 2.05) is 0 Å². The molecule has 0 aliphatic heterocycles. The number of benzene rings is 2. The molecule has 0 bridgehead atoms. The van der Waals surface area contributed by atoms with Gasteiger partial charge in [0.05, 0.1) is 6.61 Å². The van der Waals surface area contributed by atoms with Gasteiger partial charge in [-0.2, -0.15) is 4.98 Å². The minimum atomic E-state index is -0.556. The third kappa shape index (κ3) is 4.61. The van der Waals surface area contributed by atoms with Gasteiger partial charge < -0.3 is 9.47 Å². The maximum absolute atomic E-state index is 14.2. The molecule has 0 aliphatic carbocycles. The second kappa shape index (κ2) is 8.78. The van der Waals surface area contributed by atoms with Crippen molar-refractivity contribution in [3.05, 3.63) is 72.4 Å². The van der Waals surface area contributed by atoms with Crippen LogP contribution in [0.5, 0.6) is 11.5 Å². The number of fused-ring (bicyclic) bond motifs is 1. The number of halogens is 2. The molecule has 1 amide bonds. The monoisotopic (exact) mass is 424 g/mol. The number of pyridine rings is 1. The smallest absolute Gasteiger partial charge is 0.264 e. The predicted octanol–water partition coefficient (Wildman–Crippen LogP) is 4.09. The molecule has 0 aliphatic rings. The highest BCUT2D eigenvalue weighted by Gasteiger charge is 2.12. The Morgan fingerprint density at radius 3 is 2.55 bits per heavy atom. The zero-order valence-electron chi connectivity index (χ0n) is 16.5. The van der Waals surface area contributed by atoms with E-state index in [1.54, 1.807) is 43.5 Å². The number of carbonyl (C=O) groups excluding carboxylic acids is 1. The Kier molecular flexibility index (Phi) is 5.74. The first kappa shape index (κ1) is 20.3. The summed E-state index contributed by atoms with van der Waals surface area (Å²) in [5, 5.41) is 6.71. The summed E-state index contributed by atoms with van der Waals surface area (Å²) < 4.78 is 39.6. The average Bonchev–Trinajstić information content (AvgIpc) is 3.16. The van der Waals surface area contributed by atoms with Crippen molar-refractivity contribution < 1.29 is 23.0 Å². The number of para-hydroxylation sites is 1. The lowest BCUT2D eigenvalue weighted by Crippen LogP contribution is -2.21. The van der Waals surface area contributed by atoms with Crippen molar-refractivity contribution in [2.24, 2.45) is 0 Å². The van der Waals surface area contributed by atoms with Crippen LogP contribution < -0.4 is 14.8 Å². The Bertz CT molecular complexity index is 1240. The lowest BCUT2D eigenvalue weighted by atomic mass is 10.1. The van der Waals surface area contributed by atoms with E-state index in [2.05, 4.69) is 15.4 Å². The van der Waals surface area contributed by atoms with Crippen LogP contribution in [0.1, 0.15) is 6.92 Å². The largest absolute Gasteiger partial charge is 0.491 e. The lowest BCUT2D eigenvalue weighted by Gasteiger charge is -2.07. The van der Waals surface area contributed by atoms with Gasteiger partial charge in [0.2, 0.25) is 5.95 Å².